The van der Waals surface area contributed by atoms with Crippen LogP contribution in [-0.2, 0) is 6.42 Å². The average molecular weight is 332 g/mol. The lowest BCUT2D eigenvalue weighted by atomic mass is 10.1. The van der Waals surface area contributed by atoms with E-state index in [9.17, 15) is 0 Å². The fourth-order valence-electron chi connectivity index (χ4n) is 2.55. The van der Waals surface area contributed by atoms with Gasteiger partial charge in [0.25, 0.3) is 5.78 Å². The molecule has 8 heteroatoms. The minimum absolute atomic E-state index is 0.463. The van der Waals surface area contributed by atoms with Gasteiger partial charge in [0, 0.05) is 11.9 Å². The van der Waals surface area contributed by atoms with E-state index < -0.39 is 0 Å². The molecule has 0 saturated heterocycles. The van der Waals surface area contributed by atoms with Crippen molar-refractivity contribution in [3.8, 4) is 11.4 Å². The van der Waals surface area contributed by atoms with E-state index in [1.54, 1.807) is 16.8 Å². The Morgan fingerprint density at radius 2 is 1.88 bits per heavy atom. The van der Waals surface area contributed by atoms with Crippen LogP contribution in [0, 0.1) is 6.92 Å². The Labute approximate surface area is 144 Å². The van der Waals surface area contributed by atoms with Gasteiger partial charge in [-0.1, -0.05) is 19.1 Å². The second-order valence-corrected chi connectivity index (χ2v) is 5.55. The number of benzene rings is 1. The Bertz CT molecular complexity index is 1020. The first kappa shape index (κ1) is 15.1. The summed E-state index contributed by atoms with van der Waals surface area (Å²) in [5, 5.41) is 15.7. The van der Waals surface area contributed by atoms with E-state index in [4.69, 9.17) is 0 Å². The first-order valence-electron chi connectivity index (χ1n) is 7.97. The molecule has 3 aromatic heterocycles. The molecule has 0 fully saturated rings. The highest BCUT2D eigenvalue weighted by atomic mass is 15.4. The molecule has 4 aromatic rings. The molecule has 25 heavy (non-hydrogen) atoms. The Morgan fingerprint density at radius 1 is 1.04 bits per heavy atom. The van der Waals surface area contributed by atoms with Gasteiger partial charge in [0.1, 0.15) is 12.0 Å². The van der Waals surface area contributed by atoms with Crippen LogP contribution < -0.4 is 5.32 Å². The number of hydrogen-bond acceptors (Lipinski definition) is 7. The van der Waals surface area contributed by atoms with Crippen LogP contribution in [0.15, 0.2) is 42.9 Å². The van der Waals surface area contributed by atoms with Crippen LogP contribution >= 0.6 is 0 Å². The highest BCUT2D eigenvalue weighted by Crippen LogP contribution is 2.20. The van der Waals surface area contributed by atoms with Crippen LogP contribution in [0.5, 0.6) is 0 Å². The van der Waals surface area contributed by atoms with Crippen molar-refractivity contribution in [2.24, 2.45) is 0 Å². The van der Waals surface area contributed by atoms with Gasteiger partial charge in [-0.05, 0) is 37.1 Å². The summed E-state index contributed by atoms with van der Waals surface area (Å²) in [6.07, 6.45) is 4.15. The van der Waals surface area contributed by atoms with E-state index in [2.05, 4.69) is 54.6 Å². The molecule has 0 atom stereocenters. The first-order valence-corrected chi connectivity index (χ1v) is 7.97. The normalized spacial score (nSPS) is 11.0. The lowest BCUT2D eigenvalue weighted by molar-refractivity contribution is 0.850. The van der Waals surface area contributed by atoms with Gasteiger partial charge in [0.2, 0.25) is 5.95 Å². The molecule has 124 valence electrons. The average Bonchev–Trinajstić information content (AvgIpc) is 3.13. The monoisotopic (exact) mass is 332 g/mol. The topological polar surface area (TPSA) is 93.8 Å². The van der Waals surface area contributed by atoms with Crippen molar-refractivity contribution in [1.82, 2.24) is 34.8 Å². The molecule has 0 spiro atoms. The van der Waals surface area contributed by atoms with Crippen LogP contribution in [-0.4, -0.2) is 34.8 Å². The van der Waals surface area contributed by atoms with Crippen molar-refractivity contribution >= 4 is 17.4 Å². The number of nitrogens with zero attached hydrogens (tertiary/aromatic N) is 7. The number of aryl methyl sites for hydroxylation is 2. The molecule has 0 aliphatic rings. The standard InChI is InChI=1S/C17H16N8/c1-3-12-4-6-13(7-5-12)21-16-18-9-8-14(22-16)15-11(2)25-17(24-23-15)19-10-20-25/h4-10H,3H2,1-2H3,(H,18,21,22). The Kier molecular flexibility index (Phi) is 3.77. The molecule has 0 amide bonds. The smallest absolute Gasteiger partial charge is 0.271 e. The predicted molar refractivity (Wildman–Crippen MR) is 93.4 cm³/mol. The highest BCUT2D eigenvalue weighted by Gasteiger charge is 2.12. The quantitative estimate of drug-likeness (QED) is 0.614. The molecule has 0 saturated carbocycles. The van der Waals surface area contributed by atoms with Gasteiger partial charge in [0.05, 0.1) is 11.4 Å². The van der Waals surface area contributed by atoms with Gasteiger partial charge in [-0.15, -0.1) is 10.2 Å². The van der Waals surface area contributed by atoms with Gasteiger partial charge < -0.3 is 5.32 Å². The minimum atomic E-state index is 0.463. The molecule has 0 radical (unpaired) electrons. The van der Waals surface area contributed by atoms with Crippen LogP contribution in [0.25, 0.3) is 17.2 Å². The van der Waals surface area contributed by atoms with E-state index in [-0.39, 0.29) is 0 Å². The zero-order valence-corrected chi connectivity index (χ0v) is 13.9. The molecular weight excluding hydrogens is 316 g/mol. The van der Waals surface area contributed by atoms with Gasteiger partial charge in [0.15, 0.2) is 0 Å². The number of fused-ring (bicyclic) bond motifs is 1. The van der Waals surface area contributed by atoms with Gasteiger partial charge in [-0.2, -0.15) is 14.6 Å². The van der Waals surface area contributed by atoms with E-state index in [1.165, 1.54) is 11.9 Å². The van der Waals surface area contributed by atoms with E-state index in [0.29, 0.717) is 23.1 Å². The van der Waals surface area contributed by atoms with Gasteiger partial charge in [-0.3, -0.25) is 0 Å². The van der Waals surface area contributed by atoms with E-state index in [1.807, 2.05) is 19.1 Å². The summed E-state index contributed by atoms with van der Waals surface area (Å²) in [6.45, 7) is 4.04. The molecule has 0 unspecified atom stereocenters. The third-order valence-electron chi connectivity index (χ3n) is 3.95. The summed E-state index contributed by atoms with van der Waals surface area (Å²) in [4.78, 5) is 12.9. The minimum Gasteiger partial charge on any atom is -0.324 e. The lowest BCUT2D eigenvalue weighted by Gasteiger charge is -2.08. The third-order valence-corrected chi connectivity index (χ3v) is 3.95. The predicted octanol–water partition coefficient (Wildman–Crippen LogP) is 2.59. The molecule has 3 heterocycles. The summed E-state index contributed by atoms with van der Waals surface area (Å²) >= 11 is 0. The number of aromatic nitrogens is 7. The van der Waals surface area contributed by atoms with Crippen LogP contribution in [0.4, 0.5) is 11.6 Å². The summed E-state index contributed by atoms with van der Waals surface area (Å²) in [5.74, 6) is 0.964. The Morgan fingerprint density at radius 3 is 2.68 bits per heavy atom. The zero-order chi connectivity index (χ0) is 17.2. The fraction of sp³-hybridized carbons (Fsp3) is 0.176. The summed E-state index contributed by atoms with van der Waals surface area (Å²) in [7, 11) is 0. The van der Waals surface area contributed by atoms with Crippen molar-refractivity contribution in [2.45, 2.75) is 20.3 Å². The highest BCUT2D eigenvalue weighted by molar-refractivity contribution is 5.61. The van der Waals surface area contributed by atoms with Crippen molar-refractivity contribution in [1.29, 1.82) is 0 Å². The van der Waals surface area contributed by atoms with Gasteiger partial charge >= 0.3 is 0 Å². The molecule has 0 bridgehead atoms. The summed E-state index contributed by atoms with van der Waals surface area (Å²) < 4.78 is 1.64. The van der Waals surface area contributed by atoms with Crippen LogP contribution in [0.1, 0.15) is 18.2 Å². The molecule has 1 aromatic carbocycles. The van der Waals surface area contributed by atoms with Crippen molar-refractivity contribution < 1.29 is 0 Å². The van der Waals surface area contributed by atoms with Crippen molar-refractivity contribution in [3.63, 3.8) is 0 Å². The molecule has 0 aliphatic carbocycles. The molecule has 1 N–H and O–H groups in total. The fourth-order valence-corrected chi connectivity index (χ4v) is 2.55. The number of hydrogen-bond donors (Lipinski definition) is 1. The number of nitrogens with one attached hydrogen (secondary N) is 1. The molecule has 8 nitrogen and oxygen atoms in total. The van der Waals surface area contributed by atoms with Crippen molar-refractivity contribution in [3.05, 3.63) is 54.1 Å². The third kappa shape index (κ3) is 2.89. The largest absolute Gasteiger partial charge is 0.324 e. The maximum atomic E-state index is 4.55. The Balaban J connectivity index is 1.67. The summed E-state index contributed by atoms with van der Waals surface area (Å²) in [5.41, 5.74) is 4.35. The number of rotatable bonds is 4. The summed E-state index contributed by atoms with van der Waals surface area (Å²) in [6, 6.07) is 9.99. The Hall–Kier alpha value is -3.42. The second kappa shape index (κ2) is 6.23. The van der Waals surface area contributed by atoms with Crippen LogP contribution in [0.2, 0.25) is 0 Å². The number of anilines is 2. The maximum Gasteiger partial charge on any atom is 0.271 e. The first-order chi connectivity index (χ1) is 12.2. The van der Waals surface area contributed by atoms with E-state index in [0.717, 1.165) is 17.8 Å². The zero-order valence-electron chi connectivity index (χ0n) is 13.9. The molecule has 4 rings (SSSR count). The van der Waals surface area contributed by atoms with Gasteiger partial charge in [-0.25, -0.2) is 9.97 Å². The second-order valence-electron chi connectivity index (χ2n) is 5.55. The SMILES string of the molecule is CCc1ccc(Nc2nccc(-c3nnc4ncnn4c3C)n2)cc1. The molecular formula is C17H16N8. The van der Waals surface area contributed by atoms with E-state index >= 15 is 0 Å². The lowest BCUT2D eigenvalue weighted by Crippen LogP contribution is -2.05. The van der Waals surface area contributed by atoms with Crippen LogP contribution in [0.3, 0.4) is 0 Å². The van der Waals surface area contributed by atoms with Crippen molar-refractivity contribution in [2.75, 3.05) is 5.32 Å². The maximum absolute atomic E-state index is 4.55. The molecule has 0 aliphatic heterocycles.